The number of amides is 1. The van der Waals surface area contributed by atoms with Gasteiger partial charge in [0, 0.05) is 33.8 Å². The van der Waals surface area contributed by atoms with Gasteiger partial charge in [-0.3, -0.25) is 4.79 Å². The fraction of sp³-hybridized carbons (Fsp3) is 0.818. The summed E-state index contributed by atoms with van der Waals surface area (Å²) in [5, 5.41) is 6.24. The van der Waals surface area contributed by atoms with E-state index in [1.165, 1.54) is 4.90 Å². The molecule has 1 atom stereocenters. The van der Waals surface area contributed by atoms with Gasteiger partial charge in [0.15, 0.2) is 5.96 Å². The molecule has 0 bridgehead atoms. The van der Waals surface area contributed by atoms with E-state index >= 15 is 0 Å². The van der Waals surface area contributed by atoms with Gasteiger partial charge in [-0.1, -0.05) is 0 Å². The van der Waals surface area contributed by atoms with Crippen LogP contribution in [0.2, 0.25) is 0 Å². The number of hydrogen-bond acceptors (Lipinski definition) is 3. The highest BCUT2D eigenvalue weighted by Crippen LogP contribution is 1.85. The summed E-state index contributed by atoms with van der Waals surface area (Å²) in [5.41, 5.74) is 0. The number of hydrogen-bond donors (Lipinski definition) is 2. The average molecular weight is 244 g/mol. The molecular weight excluding hydrogens is 220 g/mol. The largest absolute Gasteiger partial charge is 0.383 e. The molecule has 6 heteroatoms. The van der Waals surface area contributed by atoms with E-state index in [1.807, 2.05) is 13.8 Å². The number of likely N-dealkylation sites (N-methyl/N-ethyl adjacent to an activating group) is 1. The van der Waals surface area contributed by atoms with E-state index in [2.05, 4.69) is 15.6 Å². The first-order chi connectivity index (χ1) is 8.01. The second-order valence-electron chi connectivity index (χ2n) is 3.98. The summed E-state index contributed by atoms with van der Waals surface area (Å²) in [6, 6.07) is 0.146. The Balaban J connectivity index is 4.29. The van der Waals surface area contributed by atoms with E-state index in [-0.39, 0.29) is 18.5 Å². The third-order valence-electron chi connectivity index (χ3n) is 2.02. The fourth-order valence-corrected chi connectivity index (χ4v) is 1.13. The van der Waals surface area contributed by atoms with Crippen LogP contribution < -0.4 is 10.6 Å². The average Bonchev–Trinajstić information content (AvgIpc) is 2.25. The minimum atomic E-state index is -0.0263. The lowest BCUT2D eigenvalue weighted by atomic mass is 10.4. The summed E-state index contributed by atoms with van der Waals surface area (Å²) in [7, 11) is 5.08. The predicted octanol–water partition coefficient (Wildman–Crippen LogP) is -0.335. The van der Waals surface area contributed by atoms with Gasteiger partial charge in [0.25, 0.3) is 0 Å². The highest BCUT2D eigenvalue weighted by Gasteiger charge is 2.06. The summed E-state index contributed by atoms with van der Waals surface area (Å²) in [6.07, 6.45) is 0. The number of methoxy groups -OCH3 is 1. The van der Waals surface area contributed by atoms with Crippen LogP contribution in [0.4, 0.5) is 0 Å². The Morgan fingerprint density at radius 2 is 2.12 bits per heavy atom. The van der Waals surface area contributed by atoms with E-state index in [0.717, 1.165) is 6.54 Å². The van der Waals surface area contributed by atoms with Crippen molar-refractivity contribution in [1.82, 2.24) is 15.5 Å². The highest BCUT2D eigenvalue weighted by molar-refractivity contribution is 5.84. The van der Waals surface area contributed by atoms with Crippen molar-refractivity contribution < 1.29 is 9.53 Å². The predicted molar refractivity (Wildman–Crippen MR) is 69.1 cm³/mol. The standard InChI is InChI=1S/C11H24N4O2/c1-6-12-11(14-9(2)8-17-5)13-7-10(16)15(3)4/h9H,6-8H2,1-5H3,(H2,12,13,14). The fourth-order valence-electron chi connectivity index (χ4n) is 1.13. The molecule has 0 aromatic carbocycles. The van der Waals surface area contributed by atoms with Crippen LogP contribution in [0.5, 0.6) is 0 Å². The monoisotopic (exact) mass is 244 g/mol. The topological polar surface area (TPSA) is 66.0 Å². The SMILES string of the molecule is CCNC(=NCC(=O)N(C)C)NC(C)COC. The lowest BCUT2D eigenvalue weighted by Gasteiger charge is -2.17. The number of carbonyl (C=O) groups is 1. The van der Waals surface area contributed by atoms with Crippen molar-refractivity contribution >= 4 is 11.9 Å². The van der Waals surface area contributed by atoms with Gasteiger partial charge in [0.1, 0.15) is 6.54 Å². The van der Waals surface area contributed by atoms with Crippen LogP contribution in [-0.2, 0) is 9.53 Å². The number of nitrogens with one attached hydrogen (secondary N) is 2. The molecule has 0 aliphatic heterocycles. The van der Waals surface area contributed by atoms with Crippen molar-refractivity contribution in [2.24, 2.45) is 4.99 Å². The number of nitrogens with zero attached hydrogens (tertiary/aromatic N) is 2. The molecule has 1 amide bonds. The highest BCUT2D eigenvalue weighted by atomic mass is 16.5. The minimum absolute atomic E-state index is 0.0263. The normalized spacial score (nSPS) is 13.1. The Bertz CT molecular complexity index is 254. The second kappa shape index (κ2) is 8.81. The first kappa shape index (κ1) is 15.7. The van der Waals surface area contributed by atoms with E-state index in [4.69, 9.17) is 4.74 Å². The van der Waals surface area contributed by atoms with Crippen molar-refractivity contribution in [3.8, 4) is 0 Å². The Kier molecular flexibility index (Phi) is 8.13. The van der Waals surface area contributed by atoms with Gasteiger partial charge >= 0.3 is 0 Å². The van der Waals surface area contributed by atoms with Crippen molar-refractivity contribution in [3.63, 3.8) is 0 Å². The zero-order valence-electron chi connectivity index (χ0n) is 11.4. The summed E-state index contributed by atoms with van der Waals surface area (Å²) in [5.74, 6) is 0.605. The maximum Gasteiger partial charge on any atom is 0.243 e. The molecule has 100 valence electrons. The number of carbonyl (C=O) groups excluding carboxylic acids is 1. The van der Waals surface area contributed by atoms with Crippen LogP contribution >= 0.6 is 0 Å². The van der Waals surface area contributed by atoms with Gasteiger partial charge in [-0.2, -0.15) is 0 Å². The molecular formula is C11H24N4O2. The van der Waals surface area contributed by atoms with Gasteiger partial charge in [-0.25, -0.2) is 4.99 Å². The molecule has 0 aliphatic carbocycles. The van der Waals surface area contributed by atoms with Gasteiger partial charge in [0.2, 0.25) is 5.91 Å². The maximum atomic E-state index is 11.4. The first-order valence-corrected chi connectivity index (χ1v) is 5.75. The molecule has 0 aromatic heterocycles. The molecule has 17 heavy (non-hydrogen) atoms. The van der Waals surface area contributed by atoms with Crippen LogP contribution in [-0.4, -0.2) is 63.7 Å². The van der Waals surface area contributed by atoms with Crippen LogP contribution in [0.1, 0.15) is 13.8 Å². The summed E-state index contributed by atoms with van der Waals surface area (Å²) < 4.78 is 5.03. The molecule has 0 spiro atoms. The number of aliphatic imine (C=N–C) groups is 1. The molecule has 1 unspecified atom stereocenters. The molecule has 0 radical (unpaired) electrons. The molecule has 0 aliphatic rings. The van der Waals surface area contributed by atoms with Crippen LogP contribution in [0.15, 0.2) is 4.99 Å². The van der Waals surface area contributed by atoms with Gasteiger partial charge in [-0.15, -0.1) is 0 Å². The quantitative estimate of drug-likeness (QED) is 0.496. The van der Waals surface area contributed by atoms with Gasteiger partial charge in [0.05, 0.1) is 6.61 Å². The van der Waals surface area contributed by atoms with Crippen molar-refractivity contribution in [2.45, 2.75) is 19.9 Å². The molecule has 2 N–H and O–H groups in total. The number of ether oxygens (including phenoxy) is 1. The van der Waals surface area contributed by atoms with Crippen LogP contribution in [0.3, 0.4) is 0 Å². The second-order valence-corrected chi connectivity index (χ2v) is 3.98. The zero-order valence-corrected chi connectivity index (χ0v) is 11.4. The molecule has 6 nitrogen and oxygen atoms in total. The summed E-state index contributed by atoms with van der Waals surface area (Å²) in [4.78, 5) is 17.1. The number of guanidine groups is 1. The van der Waals surface area contributed by atoms with Crippen molar-refractivity contribution in [2.75, 3.05) is 40.9 Å². The van der Waals surface area contributed by atoms with E-state index in [9.17, 15) is 4.79 Å². The van der Waals surface area contributed by atoms with E-state index < -0.39 is 0 Å². The Morgan fingerprint density at radius 1 is 1.47 bits per heavy atom. The molecule has 0 heterocycles. The third-order valence-corrected chi connectivity index (χ3v) is 2.02. The zero-order chi connectivity index (χ0) is 13.3. The van der Waals surface area contributed by atoms with Crippen molar-refractivity contribution in [3.05, 3.63) is 0 Å². The number of rotatable bonds is 6. The minimum Gasteiger partial charge on any atom is -0.383 e. The lowest BCUT2D eigenvalue weighted by Crippen LogP contribution is -2.44. The molecule has 0 saturated heterocycles. The first-order valence-electron chi connectivity index (χ1n) is 5.75. The smallest absolute Gasteiger partial charge is 0.243 e. The van der Waals surface area contributed by atoms with Crippen molar-refractivity contribution in [1.29, 1.82) is 0 Å². The summed E-state index contributed by atoms with van der Waals surface area (Å²) >= 11 is 0. The van der Waals surface area contributed by atoms with Gasteiger partial charge < -0.3 is 20.3 Å². The molecule has 0 saturated carbocycles. The van der Waals surface area contributed by atoms with Gasteiger partial charge in [-0.05, 0) is 13.8 Å². The maximum absolute atomic E-state index is 11.4. The third kappa shape index (κ3) is 7.57. The van der Waals surface area contributed by atoms with Crippen LogP contribution in [0, 0.1) is 0 Å². The lowest BCUT2D eigenvalue weighted by molar-refractivity contribution is -0.127. The molecule has 0 aromatic rings. The van der Waals surface area contributed by atoms with Crippen LogP contribution in [0.25, 0.3) is 0 Å². The molecule has 0 fully saturated rings. The Hall–Kier alpha value is -1.30. The van der Waals surface area contributed by atoms with E-state index in [1.54, 1.807) is 21.2 Å². The Labute approximate surface area is 103 Å². The summed E-state index contributed by atoms with van der Waals surface area (Å²) in [6.45, 7) is 5.45. The Morgan fingerprint density at radius 3 is 2.59 bits per heavy atom. The van der Waals surface area contributed by atoms with E-state index in [0.29, 0.717) is 12.6 Å². The molecule has 0 rings (SSSR count).